The summed E-state index contributed by atoms with van der Waals surface area (Å²) in [6, 6.07) is 13.6. The van der Waals surface area contributed by atoms with Crippen LogP contribution in [0.25, 0.3) is 0 Å². The molecule has 0 aliphatic carbocycles. The zero-order chi connectivity index (χ0) is 24.2. The van der Waals surface area contributed by atoms with Crippen molar-refractivity contribution < 1.29 is 19.5 Å². The number of hydrogen-bond donors (Lipinski definition) is 3. The van der Waals surface area contributed by atoms with Crippen LogP contribution in [0.1, 0.15) is 48.0 Å². The molecule has 3 N–H and O–H groups in total. The molecule has 0 saturated carbocycles. The summed E-state index contributed by atoms with van der Waals surface area (Å²) in [6.07, 6.45) is 3.21. The van der Waals surface area contributed by atoms with Crippen molar-refractivity contribution in [1.29, 1.82) is 0 Å². The van der Waals surface area contributed by atoms with Gasteiger partial charge in [-0.1, -0.05) is 41.4 Å². The van der Waals surface area contributed by atoms with E-state index in [-0.39, 0.29) is 11.6 Å². The van der Waals surface area contributed by atoms with E-state index in [1.54, 1.807) is 18.2 Å². The van der Waals surface area contributed by atoms with E-state index in [2.05, 4.69) is 15.5 Å². The van der Waals surface area contributed by atoms with Gasteiger partial charge in [0.1, 0.15) is 6.04 Å². The van der Waals surface area contributed by atoms with Gasteiger partial charge in [-0.2, -0.15) is 0 Å². The predicted octanol–water partition coefficient (Wildman–Crippen LogP) is 3.88. The molecule has 3 atom stereocenters. The number of carboxylic acids is 1. The zero-order valence-corrected chi connectivity index (χ0v) is 20.1. The fourth-order valence-electron chi connectivity index (χ4n) is 5.01. The summed E-state index contributed by atoms with van der Waals surface area (Å²) in [5.41, 5.74) is 1.47. The number of carbonyl (C=O) groups is 3. The third-order valence-electron chi connectivity index (χ3n) is 6.60. The number of nitrogens with one attached hydrogen (secondary N) is 2. The molecule has 2 aliphatic rings. The maximum Gasteiger partial charge on any atom is 0.305 e. The molecule has 2 fully saturated rings. The second-order valence-electron chi connectivity index (χ2n) is 8.99. The number of amides is 2. The number of fused-ring (bicyclic) bond motifs is 2. The molecule has 34 heavy (non-hydrogen) atoms. The molecule has 2 saturated heterocycles. The summed E-state index contributed by atoms with van der Waals surface area (Å²) in [7, 11) is 0. The van der Waals surface area contributed by atoms with Crippen molar-refractivity contribution in [3.63, 3.8) is 0 Å². The fraction of sp³-hybridized carbons (Fsp3) is 0.400. The molecule has 0 spiro atoms. The number of halogens is 2. The lowest BCUT2D eigenvalue weighted by Gasteiger charge is -2.39. The summed E-state index contributed by atoms with van der Waals surface area (Å²) in [6.45, 7) is 0.838. The SMILES string of the molecule is O=C(O)C[C@@H](NC(=O)c1cccc(Cl)c1)C(=O)NC1CC2CCC(C1)N2Cc1ccc(Cl)cc1. The molecular weight excluding hydrogens is 477 g/mol. The lowest BCUT2D eigenvalue weighted by molar-refractivity contribution is -0.140. The normalized spacial score (nSPS) is 22.7. The predicted molar refractivity (Wildman–Crippen MR) is 130 cm³/mol. The third kappa shape index (κ3) is 6.09. The number of nitrogens with zero attached hydrogens (tertiary/aromatic N) is 1. The second kappa shape index (κ2) is 10.8. The van der Waals surface area contributed by atoms with Crippen LogP contribution in [0.2, 0.25) is 10.0 Å². The molecule has 2 bridgehead atoms. The van der Waals surface area contributed by atoms with Gasteiger partial charge >= 0.3 is 5.97 Å². The van der Waals surface area contributed by atoms with E-state index in [0.29, 0.717) is 22.1 Å². The Morgan fingerprint density at radius 1 is 1.00 bits per heavy atom. The number of rotatable bonds is 8. The van der Waals surface area contributed by atoms with Gasteiger partial charge in [-0.15, -0.1) is 0 Å². The topological polar surface area (TPSA) is 98.7 Å². The van der Waals surface area contributed by atoms with Crippen molar-refractivity contribution in [3.8, 4) is 0 Å². The molecule has 2 aromatic carbocycles. The highest BCUT2D eigenvalue weighted by Crippen LogP contribution is 2.37. The number of benzene rings is 2. The van der Waals surface area contributed by atoms with Crippen LogP contribution in [-0.2, 0) is 16.1 Å². The second-order valence-corrected chi connectivity index (χ2v) is 9.87. The van der Waals surface area contributed by atoms with Crippen LogP contribution in [0.15, 0.2) is 48.5 Å². The molecule has 2 aliphatic heterocycles. The Hall–Kier alpha value is -2.61. The lowest BCUT2D eigenvalue weighted by Crippen LogP contribution is -2.54. The molecular formula is C25H27Cl2N3O4. The van der Waals surface area contributed by atoms with E-state index in [1.807, 2.05) is 24.3 Å². The number of aliphatic carboxylic acids is 1. The van der Waals surface area contributed by atoms with E-state index < -0.39 is 30.2 Å². The summed E-state index contributed by atoms with van der Waals surface area (Å²) in [5, 5.41) is 15.9. The smallest absolute Gasteiger partial charge is 0.305 e. The molecule has 2 aromatic rings. The standard InChI is InChI=1S/C25H27Cl2N3O4/c26-17-6-4-15(5-7-17)14-30-20-8-9-21(30)12-19(11-20)28-25(34)22(13-23(31)32)29-24(33)16-2-1-3-18(27)10-16/h1-7,10,19-22H,8-9,11-14H2,(H,28,34)(H,29,33)(H,31,32)/t19?,20?,21?,22-/m1/s1. The van der Waals surface area contributed by atoms with E-state index in [9.17, 15) is 19.5 Å². The first-order chi connectivity index (χ1) is 16.3. The molecule has 2 heterocycles. The molecule has 2 unspecified atom stereocenters. The minimum absolute atomic E-state index is 0.0640. The van der Waals surface area contributed by atoms with Crippen LogP contribution in [-0.4, -0.2) is 52.0 Å². The molecule has 0 radical (unpaired) electrons. The summed E-state index contributed by atoms with van der Waals surface area (Å²) in [4.78, 5) is 39.4. The van der Waals surface area contributed by atoms with Crippen molar-refractivity contribution in [3.05, 3.63) is 69.7 Å². The van der Waals surface area contributed by atoms with Crippen LogP contribution >= 0.6 is 23.2 Å². The Morgan fingerprint density at radius 3 is 2.29 bits per heavy atom. The van der Waals surface area contributed by atoms with E-state index in [4.69, 9.17) is 23.2 Å². The van der Waals surface area contributed by atoms with Gasteiger partial charge in [0, 0.05) is 40.3 Å². The first kappa shape index (κ1) is 24.5. The number of piperidine rings is 1. The van der Waals surface area contributed by atoms with Gasteiger partial charge in [-0.3, -0.25) is 19.3 Å². The van der Waals surface area contributed by atoms with Gasteiger partial charge in [-0.05, 0) is 61.6 Å². The zero-order valence-electron chi connectivity index (χ0n) is 18.5. The Morgan fingerprint density at radius 2 is 1.68 bits per heavy atom. The monoisotopic (exact) mass is 503 g/mol. The number of hydrogen-bond acceptors (Lipinski definition) is 4. The van der Waals surface area contributed by atoms with E-state index in [1.165, 1.54) is 11.6 Å². The highest BCUT2D eigenvalue weighted by Gasteiger charge is 2.41. The van der Waals surface area contributed by atoms with Gasteiger partial charge in [0.2, 0.25) is 5.91 Å². The summed E-state index contributed by atoms with van der Waals surface area (Å²) >= 11 is 11.9. The Bertz CT molecular complexity index is 1050. The maximum atomic E-state index is 13.0. The van der Waals surface area contributed by atoms with Crippen molar-refractivity contribution in [2.24, 2.45) is 0 Å². The van der Waals surface area contributed by atoms with Gasteiger partial charge in [0.25, 0.3) is 5.91 Å². The van der Waals surface area contributed by atoms with Gasteiger partial charge in [0.05, 0.1) is 6.42 Å². The first-order valence-corrected chi connectivity index (χ1v) is 12.1. The molecule has 4 rings (SSSR count). The third-order valence-corrected chi connectivity index (χ3v) is 7.08. The van der Waals surface area contributed by atoms with Crippen molar-refractivity contribution in [2.75, 3.05) is 0 Å². The van der Waals surface area contributed by atoms with Crippen LogP contribution in [0.4, 0.5) is 0 Å². The van der Waals surface area contributed by atoms with E-state index in [0.717, 1.165) is 32.2 Å². The molecule has 9 heteroatoms. The van der Waals surface area contributed by atoms with Crippen LogP contribution in [0.3, 0.4) is 0 Å². The lowest BCUT2D eigenvalue weighted by atomic mass is 9.96. The summed E-state index contributed by atoms with van der Waals surface area (Å²) < 4.78 is 0. The average Bonchev–Trinajstić information content (AvgIpc) is 3.01. The highest BCUT2D eigenvalue weighted by atomic mass is 35.5. The Labute approximate surface area is 208 Å². The van der Waals surface area contributed by atoms with Crippen molar-refractivity contribution in [1.82, 2.24) is 15.5 Å². The summed E-state index contributed by atoms with van der Waals surface area (Å²) in [5.74, 6) is -2.18. The van der Waals surface area contributed by atoms with Crippen LogP contribution in [0, 0.1) is 0 Å². The Kier molecular flexibility index (Phi) is 7.76. The quantitative estimate of drug-likeness (QED) is 0.507. The van der Waals surface area contributed by atoms with Crippen molar-refractivity contribution in [2.45, 2.75) is 62.8 Å². The highest BCUT2D eigenvalue weighted by molar-refractivity contribution is 6.31. The first-order valence-electron chi connectivity index (χ1n) is 11.4. The minimum atomic E-state index is -1.17. The molecule has 0 aromatic heterocycles. The van der Waals surface area contributed by atoms with Gasteiger partial charge in [-0.25, -0.2) is 0 Å². The number of carboxylic acid groups (broad SMARTS) is 1. The van der Waals surface area contributed by atoms with Crippen molar-refractivity contribution >= 4 is 41.0 Å². The Balaban J connectivity index is 1.37. The fourth-order valence-corrected chi connectivity index (χ4v) is 5.32. The molecule has 2 amide bonds. The van der Waals surface area contributed by atoms with Crippen LogP contribution < -0.4 is 10.6 Å². The average molecular weight is 504 g/mol. The number of carbonyl (C=O) groups excluding carboxylic acids is 2. The van der Waals surface area contributed by atoms with Crippen LogP contribution in [0.5, 0.6) is 0 Å². The minimum Gasteiger partial charge on any atom is -0.481 e. The van der Waals surface area contributed by atoms with E-state index >= 15 is 0 Å². The van der Waals surface area contributed by atoms with Gasteiger partial charge < -0.3 is 15.7 Å². The maximum absolute atomic E-state index is 13.0. The van der Waals surface area contributed by atoms with Gasteiger partial charge in [0.15, 0.2) is 0 Å². The molecule has 180 valence electrons. The molecule has 7 nitrogen and oxygen atoms in total. The largest absolute Gasteiger partial charge is 0.481 e.